The fourth-order valence-electron chi connectivity index (χ4n) is 10.6. The Morgan fingerprint density at radius 2 is 1.65 bits per heavy atom. The number of ketones is 2. The Balaban J connectivity index is 1.68. The first-order valence-electron chi connectivity index (χ1n) is 14.3. The molecule has 0 aromatic carbocycles. The topological polar surface area (TPSA) is 80.7 Å². The third-order valence-electron chi connectivity index (χ3n) is 12.7. The van der Waals surface area contributed by atoms with Gasteiger partial charge in [0.1, 0.15) is 0 Å². The van der Waals surface area contributed by atoms with Crippen LogP contribution in [0.2, 0.25) is 0 Å². The summed E-state index contributed by atoms with van der Waals surface area (Å²) in [6.07, 6.45) is 9.45. The number of Topliss-reactive ketones (excluding diaryl/α,β-unsaturated/α-hetero) is 1. The van der Waals surface area contributed by atoms with Crippen molar-refractivity contribution >= 4 is 17.5 Å². The van der Waals surface area contributed by atoms with Gasteiger partial charge in [-0.3, -0.25) is 14.4 Å². The average molecular weight is 511 g/mol. The minimum atomic E-state index is -0.631. The second-order valence-electron chi connectivity index (χ2n) is 15.2. The standard InChI is InChI=1S/C32H46O5/c1-27(2)11-13-32(26(36)37-8)14-12-30(6)20(21(32)17-27)15-22(34)24-29(5)16-19(18-33)25(35)28(3,4)23(29)9-10-31(24,30)7/h15,18,21,23-24,33H,9-14,16-17H2,1-8H3/b19-18-/t21-,23-,24+,29-,30+,31+,32-/m0/s1. The maximum absolute atomic E-state index is 14.4. The monoisotopic (exact) mass is 510 g/mol. The van der Waals surface area contributed by atoms with Gasteiger partial charge in [0.15, 0.2) is 11.6 Å². The van der Waals surface area contributed by atoms with Crippen LogP contribution in [-0.2, 0) is 19.1 Å². The largest absolute Gasteiger partial charge is 0.515 e. The number of rotatable bonds is 1. The van der Waals surface area contributed by atoms with Crippen LogP contribution in [0.3, 0.4) is 0 Å². The molecular formula is C32H46O5. The molecule has 0 unspecified atom stereocenters. The van der Waals surface area contributed by atoms with Crippen LogP contribution in [0.15, 0.2) is 23.5 Å². The van der Waals surface area contributed by atoms with Crippen molar-refractivity contribution in [2.75, 3.05) is 7.11 Å². The van der Waals surface area contributed by atoms with Crippen molar-refractivity contribution in [1.29, 1.82) is 0 Å². The lowest BCUT2D eigenvalue weighted by atomic mass is 9.33. The van der Waals surface area contributed by atoms with Gasteiger partial charge in [-0.05, 0) is 90.9 Å². The Labute approximate surface area is 222 Å². The molecule has 5 rings (SSSR count). The number of methoxy groups -OCH3 is 1. The molecule has 5 aliphatic carbocycles. The fourth-order valence-corrected chi connectivity index (χ4v) is 10.6. The molecule has 5 aliphatic rings. The molecule has 0 aromatic rings. The van der Waals surface area contributed by atoms with Crippen molar-refractivity contribution in [2.24, 2.45) is 50.2 Å². The normalized spacial score (nSPS) is 47.2. The number of esters is 1. The summed E-state index contributed by atoms with van der Waals surface area (Å²) >= 11 is 0. The first kappa shape index (κ1) is 26.7. The highest BCUT2D eigenvalue weighted by Crippen LogP contribution is 2.75. The number of carbonyl (C=O) groups excluding carboxylic acids is 3. The highest BCUT2D eigenvalue weighted by Gasteiger charge is 2.71. The Morgan fingerprint density at radius 3 is 2.27 bits per heavy atom. The molecule has 0 bridgehead atoms. The van der Waals surface area contributed by atoms with E-state index in [0.29, 0.717) is 12.0 Å². The highest BCUT2D eigenvalue weighted by atomic mass is 16.5. The van der Waals surface area contributed by atoms with Crippen LogP contribution in [-0.4, -0.2) is 29.8 Å². The number of ether oxygens (including phenoxy) is 1. The molecule has 4 fully saturated rings. The van der Waals surface area contributed by atoms with Gasteiger partial charge in [0.2, 0.25) is 0 Å². The van der Waals surface area contributed by atoms with E-state index < -0.39 is 16.2 Å². The summed E-state index contributed by atoms with van der Waals surface area (Å²) in [4.78, 5) is 41.0. The first-order valence-corrected chi connectivity index (χ1v) is 14.3. The summed E-state index contributed by atoms with van der Waals surface area (Å²) in [6, 6.07) is 0. The summed E-state index contributed by atoms with van der Waals surface area (Å²) in [5, 5.41) is 10.0. The Kier molecular flexibility index (Phi) is 5.64. The number of fused-ring (bicyclic) bond motifs is 7. The van der Waals surface area contributed by atoms with Crippen LogP contribution in [0, 0.1) is 50.2 Å². The minimum absolute atomic E-state index is 0.00646. The average Bonchev–Trinajstić information content (AvgIpc) is 2.81. The second kappa shape index (κ2) is 7.82. The van der Waals surface area contributed by atoms with E-state index in [2.05, 4.69) is 34.6 Å². The third kappa shape index (κ3) is 3.18. The van der Waals surface area contributed by atoms with Gasteiger partial charge in [0.25, 0.3) is 0 Å². The SMILES string of the molecule is COC(=O)[C@]12CCC(C)(C)C[C@H]1C1=CC(=O)[C@@H]3[C@@]4(C)C/C(=C/O)C(=O)C(C)(C)[C@@H]4CC[C@@]3(C)[C@]1(C)CC2. The number of hydrogen-bond acceptors (Lipinski definition) is 5. The molecule has 0 aromatic heterocycles. The van der Waals surface area contributed by atoms with Gasteiger partial charge in [0.05, 0.1) is 18.8 Å². The molecule has 0 saturated heterocycles. The smallest absolute Gasteiger partial charge is 0.312 e. The quantitative estimate of drug-likeness (QED) is 0.239. The maximum Gasteiger partial charge on any atom is 0.312 e. The van der Waals surface area contributed by atoms with Gasteiger partial charge in [-0.25, -0.2) is 0 Å². The Hall–Kier alpha value is -1.91. The Morgan fingerprint density at radius 1 is 1.00 bits per heavy atom. The van der Waals surface area contributed by atoms with Crippen LogP contribution in [0.5, 0.6) is 0 Å². The van der Waals surface area contributed by atoms with Gasteiger partial charge >= 0.3 is 5.97 Å². The van der Waals surface area contributed by atoms with Crippen LogP contribution in [0.4, 0.5) is 0 Å². The van der Waals surface area contributed by atoms with E-state index in [4.69, 9.17) is 4.74 Å². The van der Waals surface area contributed by atoms with Crippen molar-refractivity contribution in [3.63, 3.8) is 0 Å². The molecule has 7 atom stereocenters. The predicted octanol–water partition coefficient (Wildman–Crippen LogP) is 6.76. The van der Waals surface area contributed by atoms with Crippen LogP contribution in [0.25, 0.3) is 0 Å². The number of aliphatic hydroxyl groups excluding tert-OH is 1. The molecule has 5 nitrogen and oxygen atoms in total. The summed E-state index contributed by atoms with van der Waals surface area (Å²) in [7, 11) is 1.50. The fraction of sp³-hybridized carbons (Fsp3) is 0.781. The number of carbonyl (C=O) groups is 3. The summed E-state index contributed by atoms with van der Waals surface area (Å²) in [5.41, 5.74) is -0.399. The molecule has 0 amide bonds. The molecule has 0 aliphatic heterocycles. The van der Waals surface area contributed by atoms with E-state index in [1.54, 1.807) is 0 Å². The van der Waals surface area contributed by atoms with Gasteiger partial charge in [0, 0.05) is 16.9 Å². The molecule has 0 heterocycles. The highest BCUT2D eigenvalue weighted by molar-refractivity contribution is 6.02. The number of hydrogen-bond donors (Lipinski definition) is 1. The Bertz CT molecular complexity index is 1130. The van der Waals surface area contributed by atoms with Gasteiger partial charge in [-0.2, -0.15) is 0 Å². The van der Waals surface area contributed by atoms with Gasteiger partial charge < -0.3 is 9.84 Å². The lowest BCUT2D eigenvalue weighted by Gasteiger charge is -2.69. The van der Waals surface area contributed by atoms with Crippen molar-refractivity contribution in [1.82, 2.24) is 0 Å². The van der Waals surface area contributed by atoms with E-state index in [0.717, 1.165) is 51.2 Å². The molecule has 0 radical (unpaired) electrons. The summed E-state index contributed by atoms with van der Waals surface area (Å²) in [6.45, 7) is 15.4. The zero-order chi connectivity index (χ0) is 27.4. The van der Waals surface area contributed by atoms with Gasteiger partial charge in [-0.15, -0.1) is 0 Å². The van der Waals surface area contributed by atoms with E-state index >= 15 is 0 Å². The van der Waals surface area contributed by atoms with E-state index in [-0.39, 0.29) is 51.5 Å². The van der Waals surface area contributed by atoms with Crippen LogP contribution in [0.1, 0.15) is 99.8 Å². The molecular weight excluding hydrogens is 464 g/mol. The zero-order valence-electron chi connectivity index (χ0n) is 24.1. The molecule has 4 saturated carbocycles. The van der Waals surface area contributed by atoms with Crippen molar-refractivity contribution < 1.29 is 24.2 Å². The lowest BCUT2D eigenvalue weighted by Crippen LogP contribution is -2.67. The number of allylic oxidation sites excluding steroid dienone is 3. The molecule has 204 valence electrons. The van der Waals surface area contributed by atoms with Crippen molar-refractivity contribution in [3.05, 3.63) is 23.5 Å². The van der Waals surface area contributed by atoms with E-state index in [1.807, 2.05) is 19.9 Å². The summed E-state index contributed by atoms with van der Waals surface area (Å²) < 4.78 is 5.42. The number of aliphatic hydroxyl groups is 1. The minimum Gasteiger partial charge on any atom is -0.515 e. The van der Waals surface area contributed by atoms with E-state index in [9.17, 15) is 19.5 Å². The zero-order valence-corrected chi connectivity index (χ0v) is 24.1. The van der Waals surface area contributed by atoms with Crippen molar-refractivity contribution in [3.8, 4) is 0 Å². The third-order valence-corrected chi connectivity index (χ3v) is 12.7. The molecule has 1 N–H and O–H groups in total. The molecule has 37 heavy (non-hydrogen) atoms. The first-order chi connectivity index (χ1) is 17.0. The molecule has 0 spiro atoms. The maximum atomic E-state index is 14.4. The molecule has 5 heteroatoms. The van der Waals surface area contributed by atoms with Gasteiger partial charge in [-0.1, -0.05) is 54.0 Å². The van der Waals surface area contributed by atoms with E-state index in [1.165, 1.54) is 12.7 Å². The lowest BCUT2D eigenvalue weighted by molar-refractivity contribution is -0.188. The summed E-state index contributed by atoms with van der Waals surface area (Å²) in [5.74, 6) is -0.116. The van der Waals surface area contributed by atoms with Crippen LogP contribution < -0.4 is 0 Å². The second-order valence-corrected chi connectivity index (χ2v) is 15.2. The predicted molar refractivity (Wildman–Crippen MR) is 143 cm³/mol. The van der Waals surface area contributed by atoms with Crippen LogP contribution >= 0.6 is 0 Å². The van der Waals surface area contributed by atoms with Crippen molar-refractivity contribution in [2.45, 2.75) is 99.8 Å².